The minimum absolute atomic E-state index is 0.164. The predicted octanol–water partition coefficient (Wildman–Crippen LogP) is 2.47. The number of amides is 2. The van der Waals surface area contributed by atoms with E-state index >= 15 is 0 Å². The van der Waals surface area contributed by atoms with Gasteiger partial charge in [-0.1, -0.05) is 29.3 Å². The molecule has 1 saturated heterocycles. The fraction of sp³-hybridized carbons (Fsp3) is 0.467. The molecule has 3 rings (SSSR count). The molecule has 1 heterocycles. The average molecular weight is 378 g/mol. The molecule has 0 spiro atoms. The van der Waals surface area contributed by atoms with Crippen molar-refractivity contribution >= 4 is 52.3 Å². The van der Waals surface area contributed by atoms with Crippen LogP contribution in [0.5, 0.6) is 5.75 Å². The molecule has 1 aromatic carbocycles. The van der Waals surface area contributed by atoms with E-state index in [1.807, 2.05) is 6.07 Å². The van der Waals surface area contributed by atoms with Crippen molar-refractivity contribution in [2.75, 3.05) is 18.6 Å². The molecule has 2 fully saturated rings. The van der Waals surface area contributed by atoms with Crippen molar-refractivity contribution in [2.24, 2.45) is 0 Å². The second kappa shape index (κ2) is 5.72. The maximum absolute atomic E-state index is 12.5. The first kappa shape index (κ1) is 16.7. The van der Waals surface area contributed by atoms with Crippen LogP contribution in [-0.4, -0.2) is 40.7 Å². The average Bonchev–Trinajstić information content (AvgIpc) is 2.86. The van der Waals surface area contributed by atoms with E-state index in [4.69, 9.17) is 39.5 Å². The first-order valence-electron chi connectivity index (χ1n) is 7.12. The summed E-state index contributed by atoms with van der Waals surface area (Å²) in [5.41, 5.74) is 0.724. The third kappa shape index (κ3) is 2.86. The predicted molar refractivity (Wildman–Crippen MR) is 89.5 cm³/mol. The maximum Gasteiger partial charge on any atom is 0.249 e. The van der Waals surface area contributed by atoms with E-state index in [0.717, 1.165) is 5.69 Å². The summed E-state index contributed by atoms with van der Waals surface area (Å²) < 4.78 is 3.89. The lowest BCUT2D eigenvalue weighted by molar-refractivity contribution is -0.126. The Morgan fingerprint density at radius 2 is 2.09 bits per heavy atom. The molecule has 0 bridgehead atoms. The highest BCUT2D eigenvalue weighted by atomic mass is 35.5. The van der Waals surface area contributed by atoms with E-state index in [0.29, 0.717) is 18.7 Å². The molecule has 2 unspecified atom stereocenters. The van der Waals surface area contributed by atoms with Crippen LogP contribution in [0, 0.1) is 0 Å². The molecule has 2 aliphatic rings. The quantitative estimate of drug-likeness (QED) is 0.820. The van der Waals surface area contributed by atoms with Crippen LogP contribution in [0.1, 0.15) is 12.8 Å². The molecule has 1 aliphatic carbocycles. The number of rotatable bonds is 4. The molecule has 0 radical (unpaired) electrons. The van der Waals surface area contributed by atoms with Crippen molar-refractivity contribution in [3.05, 3.63) is 24.3 Å². The van der Waals surface area contributed by atoms with Crippen molar-refractivity contribution < 1.29 is 14.3 Å². The number of nitrogens with one attached hydrogen (secondary N) is 1. The third-order valence-electron chi connectivity index (χ3n) is 4.16. The van der Waals surface area contributed by atoms with Crippen molar-refractivity contribution in [3.8, 4) is 5.75 Å². The van der Waals surface area contributed by atoms with E-state index in [1.54, 1.807) is 30.2 Å². The Morgan fingerprint density at radius 3 is 2.70 bits per heavy atom. The van der Waals surface area contributed by atoms with Crippen LogP contribution in [0.4, 0.5) is 5.69 Å². The van der Waals surface area contributed by atoms with Crippen LogP contribution in [0.25, 0.3) is 0 Å². The highest BCUT2D eigenvalue weighted by molar-refractivity contribution is 6.62. The molecule has 2 amide bonds. The number of benzene rings is 1. The Bertz CT molecular complexity index is 667. The Labute approximate surface area is 148 Å². The van der Waals surface area contributed by atoms with Gasteiger partial charge >= 0.3 is 0 Å². The SMILES string of the molecule is COc1cccc(N2CCC(NC(=O)C3(Cl)CC3(Cl)Cl)C2=O)c1. The monoisotopic (exact) mass is 376 g/mol. The van der Waals surface area contributed by atoms with Gasteiger partial charge < -0.3 is 15.0 Å². The van der Waals surface area contributed by atoms with E-state index in [9.17, 15) is 9.59 Å². The summed E-state index contributed by atoms with van der Waals surface area (Å²) in [6.45, 7) is 0.499. The summed E-state index contributed by atoms with van der Waals surface area (Å²) >= 11 is 17.9. The smallest absolute Gasteiger partial charge is 0.249 e. The van der Waals surface area contributed by atoms with Crippen LogP contribution < -0.4 is 15.0 Å². The lowest BCUT2D eigenvalue weighted by atomic mass is 10.2. The minimum Gasteiger partial charge on any atom is -0.497 e. The lowest BCUT2D eigenvalue weighted by Gasteiger charge is -2.19. The Kier molecular flexibility index (Phi) is 4.15. The van der Waals surface area contributed by atoms with E-state index in [-0.39, 0.29) is 12.3 Å². The first-order valence-corrected chi connectivity index (χ1v) is 8.25. The highest BCUT2D eigenvalue weighted by Crippen LogP contribution is 2.61. The van der Waals surface area contributed by atoms with Crippen LogP contribution in [0.3, 0.4) is 0 Å². The third-order valence-corrected chi connectivity index (χ3v) is 5.89. The van der Waals surface area contributed by atoms with Gasteiger partial charge in [-0.15, -0.1) is 11.6 Å². The number of nitrogens with zero attached hydrogens (tertiary/aromatic N) is 1. The molecule has 1 aliphatic heterocycles. The zero-order valence-corrected chi connectivity index (χ0v) is 14.6. The molecular weight excluding hydrogens is 363 g/mol. The minimum atomic E-state index is -1.35. The van der Waals surface area contributed by atoms with Gasteiger partial charge in [-0.3, -0.25) is 9.59 Å². The van der Waals surface area contributed by atoms with E-state index in [1.165, 1.54) is 0 Å². The molecule has 5 nitrogen and oxygen atoms in total. The molecular formula is C15H15Cl3N2O3. The summed E-state index contributed by atoms with van der Waals surface area (Å²) in [6.07, 6.45) is 0.656. The second-order valence-corrected chi connectivity index (χ2v) is 7.82. The summed E-state index contributed by atoms with van der Waals surface area (Å²) in [4.78, 5) is 25.0. The van der Waals surface area contributed by atoms with Crippen LogP contribution in [-0.2, 0) is 9.59 Å². The maximum atomic E-state index is 12.5. The van der Waals surface area contributed by atoms with Gasteiger partial charge in [-0.05, 0) is 18.6 Å². The Balaban J connectivity index is 1.68. The number of carbonyl (C=O) groups excluding carboxylic acids is 2. The van der Waals surface area contributed by atoms with E-state index in [2.05, 4.69) is 5.32 Å². The number of hydrogen-bond acceptors (Lipinski definition) is 3. The number of anilines is 1. The van der Waals surface area contributed by atoms with Crippen LogP contribution in [0.2, 0.25) is 0 Å². The molecule has 1 aromatic rings. The molecule has 0 aromatic heterocycles. The van der Waals surface area contributed by atoms with Gasteiger partial charge in [0.05, 0.1) is 7.11 Å². The van der Waals surface area contributed by atoms with Crippen molar-refractivity contribution in [1.29, 1.82) is 0 Å². The summed E-state index contributed by atoms with van der Waals surface area (Å²) in [5, 5.41) is 2.65. The normalized spacial score (nSPS) is 28.6. The molecule has 1 saturated carbocycles. The largest absolute Gasteiger partial charge is 0.497 e. The van der Waals surface area contributed by atoms with Gasteiger partial charge in [-0.2, -0.15) is 0 Å². The van der Waals surface area contributed by atoms with Gasteiger partial charge in [0, 0.05) is 24.7 Å². The summed E-state index contributed by atoms with van der Waals surface area (Å²) in [7, 11) is 1.56. The van der Waals surface area contributed by atoms with Gasteiger partial charge in [-0.25, -0.2) is 0 Å². The van der Waals surface area contributed by atoms with Crippen LogP contribution >= 0.6 is 34.8 Å². The molecule has 23 heavy (non-hydrogen) atoms. The number of methoxy groups -OCH3 is 1. The fourth-order valence-corrected chi connectivity index (χ4v) is 3.59. The lowest BCUT2D eigenvalue weighted by Crippen LogP contribution is -2.46. The van der Waals surface area contributed by atoms with E-state index < -0.39 is 21.2 Å². The Hall–Kier alpha value is -1.17. The molecule has 1 N–H and O–H groups in total. The number of halogens is 3. The van der Waals surface area contributed by atoms with Gasteiger partial charge in [0.15, 0.2) is 4.87 Å². The van der Waals surface area contributed by atoms with Crippen molar-refractivity contribution in [3.63, 3.8) is 0 Å². The molecule has 8 heteroatoms. The second-order valence-electron chi connectivity index (χ2n) is 5.69. The topological polar surface area (TPSA) is 58.6 Å². The molecule has 2 atom stereocenters. The van der Waals surface area contributed by atoms with Gasteiger partial charge in [0.25, 0.3) is 0 Å². The van der Waals surface area contributed by atoms with Gasteiger partial charge in [0.2, 0.25) is 11.8 Å². The number of ether oxygens (including phenoxy) is 1. The fourth-order valence-electron chi connectivity index (χ4n) is 2.63. The zero-order valence-electron chi connectivity index (χ0n) is 12.3. The summed E-state index contributed by atoms with van der Waals surface area (Å²) in [6, 6.07) is 6.56. The number of carbonyl (C=O) groups is 2. The number of hydrogen-bond donors (Lipinski definition) is 1. The summed E-state index contributed by atoms with van der Waals surface area (Å²) in [5.74, 6) is -0.0354. The first-order chi connectivity index (χ1) is 10.8. The van der Waals surface area contributed by atoms with Crippen molar-refractivity contribution in [1.82, 2.24) is 5.32 Å². The van der Waals surface area contributed by atoms with Crippen LogP contribution in [0.15, 0.2) is 24.3 Å². The Morgan fingerprint density at radius 1 is 1.39 bits per heavy atom. The van der Waals surface area contributed by atoms with Gasteiger partial charge in [0.1, 0.15) is 16.1 Å². The van der Waals surface area contributed by atoms with Crippen molar-refractivity contribution in [2.45, 2.75) is 28.1 Å². The molecule has 124 valence electrons. The standard InChI is InChI=1S/C15H15Cl3N2O3/c1-23-10-4-2-3-9(7-10)20-6-5-11(12(20)21)19-13(22)14(16)8-15(14,17)18/h2-4,7,11H,5-6,8H2,1H3,(H,19,22). The number of alkyl halides is 3. The highest BCUT2D eigenvalue weighted by Gasteiger charge is 2.71. The zero-order chi connectivity index (χ0) is 16.8.